The Morgan fingerprint density at radius 2 is 0.786 bits per heavy atom. The molecule has 0 unspecified atom stereocenters. The van der Waals surface area contributed by atoms with Crippen molar-refractivity contribution in [3.8, 4) is 68.7 Å². The number of aromatic nitrogens is 3. The maximum Gasteiger partial charge on any atom is 0.310 e. The number of hydrogen-bond acceptors (Lipinski definition) is 12. The van der Waals surface area contributed by atoms with Gasteiger partial charge >= 0.3 is 17.9 Å². The third kappa shape index (κ3) is 6.78. The number of phenols is 3. The van der Waals surface area contributed by atoms with E-state index < -0.39 is 17.9 Å². The molecule has 1 heterocycles. The lowest BCUT2D eigenvalue weighted by atomic mass is 10.1. The van der Waals surface area contributed by atoms with Crippen molar-refractivity contribution in [3.05, 3.63) is 54.6 Å². The number of carbonyl (C=O) groups is 3. The number of phenolic OH excluding ortho intramolecular Hbond substituents is 3. The van der Waals surface area contributed by atoms with Gasteiger partial charge in [-0.1, -0.05) is 20.8 Å². The van der Waals surface area contributed by atoms with Gasteiger partial charge < -0.3 is 29.5 Å². The second-order valence-corrected chi connectivity index (χ2v) is 8.83. The van der Waals surface area contributed by atoms with E-state index in [0.29, 0.717) is 0 Å². The van der Waals surface area contributed by atoms with Crippen molar-refractivity contribution in [3.63, 3.8) is 0 Å². The Morgan fingerprint density at radius 3 is 1.00 bits per heavy atom. The Labute approximate surface area is 240 Å². The Hall–Kier alpha value is -5.52. The highest BCUT2D eigenvalue weighted by atomic mass is 16.5. The van der Waals surface area contributed by atoms with Gasteiger partial charge in [0.1, 0.15) is 34.5 Å². The quantitative estimate of drug-likeness (QED) is 0.182. The van der Waals surface area contributed by atoms with Crippen LogP contribution in [0, 0.1) is 0 Å². The number of benzene rings is 3. The van der Waals surface area contributed by atoms with Crippen molar-refractivity contribution in [1.29, 1.82) is 0 Å². The minimum Gasteiger partial charge on any atom is -0.507 e. The molecule has 0 aliphatic rings. The number of rotatable bonds is 9. The fraction of sp³-hybridized carbons (Fsp3) is 0.200. The van der Waals surface area contributed by atoms with Crippen LogP contribution in [0.5, 0.6) is 34.5 Å². The van der Waals surface area contributed by atoms with Gasteiger partial charge in [0.2, 0.25) is 0 Å². The normalized spacial score (nSPS) is 10.6. The molecule has 0 aliphatic heterocycles. The molecule has 1 aromatic heterocycles. The molecule has 42 heavy (non-hydrogen) atoms. The van der Waals surface area contributed by atoms with Crippen molar-refractivity contribution in [2.24, 2.45) is 0 Å². The highest BCUT2D eigenvalue weighted by molar-refractivity contribution is 5.77. The lowest BCUT2D eigenvalue weighted by Gasteiger charge is -2.12. The zero-order valence-corrected chi connectivity index (χ0v) is 23.0. The third-order valence-electron chi connectivity index (χ3n) is 5.83. The van der Waals surface area contributed by atoms with Gasteiger partial charge in [0.05, 0.1) is 16.7 Å². The fourth-order valence-corrected chi connectivity index (χ4v) is 3.64. The summed E-state index contributed by atoms with van der Waals surface area (Å²) in [6.07, 6.45) is 0.424. The molecule has 12 nitrogen and oxygen atoms in total. The summed E-state index contributed by atoms with van der Waals surface area (Å²) < 4.78 is 15.5. The van der Waals surface area contributed by atoms with Crippen molar-refractivity contribution in [2.75, 3.05) is 0 Å². The number of ether oxygens (including phenoxy) is 3. The first-order valence-corrected chi connectivity index (χ1v) is 13.0. The van der Waals surface area contributed by atoms with Gasteiger partial charge in [0.25, 0.3) is 0 Å². The molecule has 0 saturated heterocycles. The molecule has 0 spiro atoms. The number of hydrogen-bond donors (Lipinski definition) is 3. The molecule has 12 heteroatoms. The summed E-state index contributed by atoms with van der Waals surface area (Å²) >= 11 is 0. The topological polar surface area (TPSA) is 178 Å². The highest BCUT2D eigenvalue weighted by Crippen LogP contribution is 2.37. The average Bonchev–Trinajstić information content (AvgIpc) is 2.96. The number of aromatic hydroxyl groups is 3. The van der Waals surface area contributed by atoms with E-state index in [1.165, 1.54) is 54.6 Å². The van der Waals surface area contributed by atoms with Crippen molar-refractivity contribution >= 4 is 17.9 Å². The second kappa shape index (κ2) is 12.8. The molecule has 3 aromatic carbocycles. The monoisotopic (exact) mass is 573 g/mol. The molecule has 0 saturated carbocycles. The number of esters is 3. The van der Waals surface area contributed by atoms with Crippen LogP contribution in [0.15, 0.2) is 54.6 Å². The SMILES string of the molecule is CCC(=O)Oc1ccc(-c2nc(-c3ccc(OC(=O)CC)cc3O)nc(-c3ccc(OC(=O)CC)cc3O)n2)c(O)c1. The molecule has 0 radical (unpaired) electrons. The number of carbonyl (C=O) groups excluding carboxylic acids is 3. The summed E-state index contributed by atoms with van der Waals surface area (Å²) in [5.41, 5.74) is 0.409. The predicted octanol–water partition coefficient (Wildman–Crippen LogP) is 4.94. The zero-order chi connectivity index (χ0) is 30.4. The van der Waals surface area contributed by atoms with Crippen LogP contribution < -0.4 is 14.2 Å². The molecule has 4 rings (SSSR count). The van der Waals surface area contributed by atoms with Crippen molar-refractivity contribution < 1.29 is 43.9 Å². The minimum atomic E-state index is -0.487. The summed E-state index contributed by atoms with van der Waals surface area (Å²) in [7, 11) is 0. The van der Waals surface area contributed by atoms with Crippen LogP contribution in [0.1, 0.15) is 40.0 Å². The first-order valence-electron chi connectivity index (χ1n) is 13.0. The molecule has 0 fully saturated rings. The van der Waals surface area contributed by atoms with Crippen LogP contribution in [0.25, 0.3) is 34.2 Å². The summed E-state index contributed by atoms with van der Waals surface area (Å²) in [4.78, 5) is 48.3. The first kappa shape index (κ1) is 29.5. The van der Waals surface area contributed by atoms with E-state index >= 15 is 0 Å². The van der Waals surface area contributed by atoms with Gasteiger partial charge in [0.15, 0.2) is 17.5 Å². The molecule has 4 aromatic rings. The zero-order valence-electron chi connectivity index (χ0n) is 23.0. The van der Waals surface area contributed by atoms with Crippen LogP contribution in [0.3, 0.4) is 0 Å². The van der Waals surface area contributed by atoms with Crippen LogP contribution in [-0.2, 0) is 14.4 Å². The molecule has 216 valence electrons. The smallest absolute Gasteiger partial charge is 0.310 e. The summed E-state index contributed by atoms with van der Waals surface area (Å²) in [5, 5.41) is 32.3. The van der Waals surface area contributed by atoms with Gasteiger partial charge in [-0.15, -0.1) is 0 Å². The number of nitrogens with zero attached hydrogens (tertiary/aromatic N) is 3. The van der Waals surface area contributed by atoms with Gasteiger partial charge in [-0.3, -0.25) is 14.4 Å². The van der Waals surface area contributed by atoms with Crippen LogP contribution in [0.4, 0.5) is 0 Å². The van der Waals surface area contributed by atoms with E-state index in [0.717, 1.165) is 0 Å². The average molecular weight is 574 g/mol. The summed E-state index contributed by atoms with van der Waals surface area (Å²) in [6.45, 7) is 4.90. The van der Waals surface area contributed by atoms with E-state index in [-0.39, 0.29) is 87.9 Å². The molecule has 0 amide bonds. The Balaban J connectivity index is 1.84. The van der Waals surface area contributed by atoms with Crippen LogP contribution in [0.2, 0.25) is 0 Å². The summed E-state index contributed by atoms with van der Waals surface area (Å²) in [5.74, 6) is -2.17. The Kier molecular flexibility index (Phi) is 8.96. The molecular formula is C30H27N3O9. The van der Waals surface area contributed by atoms with Gasteiger partial charge in [-0.2, -0.15) is 0 Å². The Morgan fingerprint density at radius 1 is 0.524 bits per heavy atom. The third-order valence-corrected chi connectivity index (χ3v) is 5.83. The van der Waals surface area contributed by atoms with Crippen LogP contribution in [-0.4, -0.2) is 48.2 Å². The Bertz CT molecular complexity index is 1460. The minimum absolute atomic E-state index is 0.0392. The van der Waals surface area contributed by atoms with E-state index in [4.69, 9.17) is 14.2 Å². The first-order chi connectivity index (χ1) is 20.1. The lowest BCUT2D eigenvalue weighted by Crippen LogP contribution is -2.06. The molecule has 3 N–H and O–H groups in total. The highest BCUT2D eigenvalue weighted by Gasteiger charge is 2.20. The molecule has 0 atom stereocenters. The standard InChI is InChI=1S/C30H27N3O9/c1-4-25(37)40-16-7-10-19(22(34)13-16)28-31-29(20-11-8-17(14-23(20)35)41-26(38)5-2)33-30(32-28)21-12-9-18(15-24(21)36)42-27(39)6-3/h7-15,34-36H,4-6H2,1-3H3. The molecule has 0 aliphatic carbocycles. The molecule has 0 bridgehead atoms. The lowest BCUT2D eigenvalue weighted by molar-refractivity contribution is -0.134. The van der Waals surface area contributed by atoms with Gasteiger partial charge in [0, 0.05) is 37.5 Å². The van der Waals surface area contributed by atoms with E-state index in [9.17, 15) is 29.7 Å². The maximum atomic E-state index is 11.7. The van der Waals surface area contributed by atoms with Gasteiger partial charge in [-0.25, -0.2) is 15.0 Å². The largest absolute Gasteiger partial charge is 0.507 e. The van der Waals surface area contributed by atoms with Crippen LogP contribution >= 0.6 is 0 Å². The fourth-order valence-electron chi connectivity index (χ4n) is 3.64. The van der Waals surface area contributed by atoms with Gasteiger partial charge in [-0.05, 0) is 36.4 Å². The van der Waals surface area contributed by atoms with E-state index in [1.807, 2.05) is 0 Å². The van der Waals surface area contributed by atoms with Crippen molar-refractivity contribution in [1.82, 2.24) is 15.0 Å². The second-order valence-electron chi connectivity index (χ2n) is 8.83. The summed E-state index contributed by atoms with van der Waals surface area (Å²) in [6, 6.07) is 12.4. The predicted molar refractivity (Wildman–Crippen MR) is 149 cm³/mol. The van der Waals surface area contributed by atoms with Crippen molar-refractivity contribution in [2.45, 2.75) is 40.0 Å². The van der Waals surface area contributed by atoms with E-state index in [1.54, 1.807) is 20.8 Å². The van der Waals surface area contributed by atoms with E-state index in [2.05, 4.69) is 15.0 Å². The molecular weight excluding hydrogens is 546 g/mol. The maximum absolute atomic E-state index is 11.7.